The number of amides is 1. The molecule has 1 aliphatic rings. The Morgan fingerprint density at radius 1 is 1.29 bits per heavy atom. The smallest absolute Gasteiger partial charge is 0.309 e. The molecule has 0 saturated carbocycles. The van der Waals surface area contributed by atoms with E-state index in [0.717, 1.165) is 4.31 Å². The number of hydrogen-bond donors (Lipinski definition) is 1. The number of halogens is 1. The summed E-state index contributed by atoms with van der Waals surface area (Å²) < 4.78 is 30.6. The van der Waals surface area contributed by atoms with Crippen LogP contribution in [0.3, 0.4) is 0 Å². The van der Waals surface area contributed by atoms with E-state index in [-0.39, 0.29) is 39.9 Å². The van der Waals surface area contributed by atoms with Crippen LogP contribution < -0.4 is 5.32 Å². The van der Waals surface area contributed by atoms with Gasteiger partial charge in [0, 0.05) is 14.1 Å². The number of sulfonamides is 1. The van der Waals surface area contributed by atoms with Crippen LogP contribution in [0, 0.1) is 5.92 Å². The van der Waals surface area contributed by atoms with Crippen molar-refractivity contribution in [2.24, 2.45) is 5.92 Å². The fraction of sp³-hybridized carbons (Fsp3) is 0.556. The van der Waals surface area contributed by atoms with E-state index in [2.05, 4.69) is 5.32 Å². The molecule has 0 unspecified atom stereocenters. The molecule has 8 nitrogen and oxygen atoms in total. The lowest BCUT2D eigenvalue weighted by atomic mass is 9.97. The average molecular weight is 432 g/mol. The second-order valence-corrected chi connectivity index (χ2v) is 9.34. The first-order valence-electron chi connectivity index (χ1n) is 9.06. The SMILES string of the molecule is CCOC(=O)C1CCN(CC(=O)Nc2cc(S(=O)(=O)N(C)C)ccc2Cl)CC1. The third kappa shape index (κ3) is 5.66. The number of rotatable bonds is 7. The van der Waals surface area contributed by atoms with Gasteiger partial charge in [0.25, 0.3) is 0 Å². The molecule has 0 atom stereocenters. The fourth-order valence-electron chi connectivity index (χ4n) is 2.95. The number of carbonyl (C=O) groups excluding carboxylic acids is 2. The number of hydrogen-bond acceptors (Lipinski definition) is 6. The second-order valence-electron chi connectivity index (χ2n) is 6.78. The van der Waals surface area contributed by atoms with Gasteiger partial charge in [0.15, 0.2) is 0 Å². The summed E-state index contributed by atoms with van der Waals surface area (Å²) in [6.07, 6.45) is 1.28. The normalized spacial score (nSPS) is 16.2. The van der Waals surface area contributed by atoms with E-state index in [4.69, 9.17) is 16.3 Å². The van der Waals surface area contributed by atoms with Crippen LogP contribution in [0.25, 0.3) is 0 Å². The maximum Gasteiger partial charge on any atom is 0.309 e. The minimum absolute atomic E-state index is 0.0486. The molecule has 1 aromatic rings. The van der Waals surface area contributed by atoms with Gasteiger partial charge in [-0.1, -0.05) is 11.6 Å². The molecule has 0 bridgehead atoms. The molecule has 1 aliphatic heterocycles. The number of piperidine rings is 1. The molecule has 1 fully saturated rings. The number of carbonyl (C=O) groups is 2. The van der Waals surface area contributed by atoms with Crippen molar-refractivity contribution in [1.82, 2.24) is 9.21 Å². The number of anilines is 1. The van der Waals surface area contributed by atoms with Crippen LogP contribution in [-0.4, -0.2) is 69.8 Å². The van der Waals surface area contributed by atoms with Crippen LogP contribution in [0.2, 0.25) is 5.02 Å². The predicted molar refractivity (Wildman–Crippen MR) is 107 cm³/mol. The Morgan fingerprint density at radius 3 is 2.50 bits per heavy atom. The van der Waals surface area contributed by atoms with E-state index >= 15 is 0 Å². The number of esters is 1. The van der Waals surface area contributed by atoms with Crippen molar-refractivity contribution >= 4 is 39.2 Å². The van der Waals surface area contributed by atoms with Gasteiger partial charge in [-0.25, -0.2) is 12.7 Å². The second kappa shape index (κ2) is 9.69. The lowest BCUT2D eigenvalue weighted by Gasteiger charge is -2.30. The number of benzene rings is 1. The van der Waals surface area contributed by atoms with Crippen molar-refractivity contribution in [3.8, 4) is 0 Å². The molecular formula is C18H26ClN3O5S. The van der Waals surface area contributed by atoms with Crippen molar-refractivity contribution in [3.63, 3.8) is 0 Å². The first-order chi connectivity index (χ1) is 13.1. The average Bonchev–Trinajstić information content (AvgIpc) is 2.64. The van der Waals surface area contributed by atoms with Crippen LogP contribution in [0.15, 0.2) is 23.1 Å². The molecule has 0 spiro atoms. The minimum Gasteiger partial charge on any atom is -0.466 e. The summed E-state index contributed by atoms with van der Waals surface area (Å²) in [7, 11) is -0.764. The minimum atomic E-state index is -3.63. The van der Waals surface area contributed by atoms with E-state index in [9.17, 15) is 18.0 Å². The molecule has 10 heteroatoms. The fourth-order valence-corrected chi connectivity index (χ4v) is 4.04. The maximum atomic E-state index is 12.4. The van der Waals surface area contributed by atoms with Gasteiger partial charge >= 0.3 is 5.97 Å². The summed E-state index contributed by atoms with van der Waals surface area (Å²) in [6, 6.07) is 4.19. The molecule has 0 aliphatic carbocycles. The molecule has 1 amide bonds. The Hall–Kier alpha value is -1.68. The zero-order valence-electron chi connectivity index (χ0n) is 16.3. The number of nitrogens with zero attached hydrogens (tertiary/aromatic N) is 2. The summed E-state index contributed by atoms with van der Waals surface area (Å²) in [6.45, 7) is 3.50. The molecule has 156 valence electrons. The molecule has 2 rings (SSSR count). The van der Waals surface area contributed by atoms with E-state index in [1.54, 1.807) is 6.92 Å². The molecule has 1 saturated heterocycles. The van der Waals surface area contributed by atoms with Crippen molar-refractivity contribution in [2.45, 2.75) is 24.7 Å². The number of ether oxygens (including phenoxy) is 1. The van der Waals surface area contributed by atoms with Gasteiger partial charge < -0.3 is 10.1 Å². The molecule has 0 radical (unpaired) electrons. The van der Waals surface area contributed by atoms with Crippen molar-refractivity contribution in [2.75, 3.05) is 45.7 Å². The monoisotopic (exact) mass is 431 g/mol. The number of likely N-dealkylation sites (tertiary alicyclic amines) is 1. The Bertz CT molecular complexity index is 821. The van der Waals surface area contributed by atoms with Crippen LogP contribution in [0.1, 0.15) is 19.8 Å². The molecule has 1 heterocycles. The van der Waals surface area contributed by atoms with Gasteiger partial charge in [-0.3, -0.25) is 14.5 Å². The topological polar surface area (TPSA) is 96.0 Å². The van der Waals surface area contributed by atoms with Gasteiger partial charge in [0.1, 0.15) is 0 Å². The Kier molecular flexibility index (Phi) is 7.82. The summed E-state index contributed by atoms with van der Waals surface area (Å²) >= 11 is 6.11. The highest BCUT2D eigenvalue weighted by atomic mass is 35.5. The van der Waals surface area contributed by atoms with Crippen LogP contribution in [-0.2, 0) is 24.3 Å². The van der Waals surface area contributed by atoms with Crippen LogP contribution in [0.4, 0.5) is 5.69 Å². The first kappa shape index (κ1) is 22.6. The Labute approximate surface area is 170 Å². The largest absolute Gasteiger partial charge is 0.466 e. The highest BCUT2D eigenvalue weighted by Crippen LogP contribution is 2.26. The lowest BCUT2D eigenvalue weighted by Crippen LogP contribution is -2.41. The summed E-state index contributed by atoms with van der Waals surface area (Å²) in [5.74, 6) is -0.602. The van der Waals surface area contributed by atoms with Gasteiger partial charge in [-0.2, -0.15) is 0 Å². The molecule has 1 N–H and O–H groups in total. The Morgan fingerprint density at radius 2 is 1.93 bits per heavy atom. The predicted octanol–water partition coefficient (Wildman–Crippen LogP) is 1.80. The quantitative estimate of drug-likeness (QED) is 0.661. The van der Waals surface area contributed by atoms with Crippen LogP contribution >= 0.6 is 11.6 Å². The summed E-state index contributed by atoms with van der Waals surface area (Å²) in [5.41, 5.74) is 0.246. The van der Waals surface area contributed by atoms with E-state index in [0.29, 0.717) is 32.5 Å². The van der Waals surface area contributed by atoms with Crippen LogP contribution in [0.5, 0.6) is 0 Å². The molecule has 1 aromatic carbocycles. The van der Waals surface area contributed by atoms with E-state index < -0.39 is 10.0 Å². The first-order valence-corrected chi connectivity index (χ1v) is 10.9. The lowest BCUT2D eigenvalue weighted by molar-refractivity contribution is -0.149. The van der Waals surface area contributed by atoms with Gasteiger partial charge in [-0.05, 0) is 51.1 Å². The maximum absolute atomic E-state index is 12.4. The number of nitrogens with one attached hydrogen (secondary N) is 1. The van der Waals surface area contributed by atoms with Gasteiger partial charge in [-0.15, -0.1) is 0 Å². The van der Waals surface area contributed by atoms with Crippen molar-refractivity contribution in [3.05, 3.63) is 23.2 Å². The molecule has 0 aromatic heterocycles. The Balaban J connectivity index is 1.96. The third-order valence-electron chi connectivity index (χ3n) is 4.57. The highest BCUT2D eigenvalue weighted by molar-refractivity contribution is 7.89. The van der Waals surface area contributed by atoms with Gasteiger partial charge in [0.2, 0.25) is 15.9 Å². The molecule has 28 heavy (non-hydrogen) atoms. The highest BCUT2D eigenvalue weighted by Gasteiger charge is 2.27. The zero-order chi connectivity index (χ0) is 20.9. The summed E-state index contributed by atoms with van der Waals surface area (Å²) in [5, 5.41) is 2.93. The third-order valence-corrected chi connectivity index (χ3v) is 6.71. The van der Waals surface area contributed by atoms with Crippen molar-refractivity contribution < 1.29 is 22.7 Å². The van der Waals surface area contributed by atoms with E-state index in [1.807, 2.05) is 4.90 Å². The molecular weight excluding hydrogens is 406 g/mol. The van der Waals surface area contributed by atoms with Gasteiger partial charge in [0.05, 0.1) is 34.7 Å². The van der Waals surface area contributed by atoms with E-state index in [1.165, 1.54) is 32.3 Å². The zero-order valence-corrected chi connectivity index (χ0v) is 17.8. The van der Waals surface area contributed by atoms with Crippen molar-refractivity contribution in [1.29, 1.82) is 0 Å². The summed E-state index contributed by atoms with van der Waals surface area (Å²) in [4.78, 5) is 26.2. The standard InChI is InChI=1S/C18H26ClN3O5S/c1-4-27-18(24)13-7-9-22(10-8-13)12-17(23)20-16-11-14(5-6-15(16)19)28(25,26)21(2)3/h5-6,11,13H,4,7-10,12H2,1-3H3,(H,20,23).